The minimum Gasteiger partial charge on any atom is -0.456 e. The number of furan rings is 2. The molecule has 3 aromatic heterocycles. The van der Waals surface area contributed by atoms with Gasteiger partial charge in [-0.25, -0.2) is 0 Å². The van der Waals surface area contributed by atoms with Gasteiger partial charge in [-0.1, -0.05) is 84.9 Å². The summed E-state index contributed by atoms with van der Waals surface area (Å²) in [5, 5.41) is 4.50. The molecule has 3 nitrogen and oxygen atoms in total. The van der Waals surface area contributed by atoms with Gasteiger partial charge in [0.05, 0.1) is 5.52 Å². The van der Waals surface area contributed by atoms with Crippen LogP contribution in [0.4, 0.5) is 0 Å². The molecule has 0 spiro atoms. The summed E-state index contributed by atoms with van der Waals surface area (Å²) in [5.74, 6) is 0. The van der Waals surface area contributed by atoms with Crippen LogP contribution < -0.4 is 0 Å². The highest BCUT2D eigenvalue weighted by Gasteiger charge is 2.21. The Morgan fingerprint density at radius 3 is 2.05 bits per heavy atom. The van der Waals surface area contributed by atoms with Crippen LogP contribution >= 0.6 is 0 Å². The van der Waals surface area contributed by atoms with Crippen molar-refractivity contribution in [3.05, 3.63) is 140 Å². The molecule has 0 radical (unpaired) electrons. The number of hydrogen-bond acceptors (Lipinski definition) is 2. The molecule has 0 fully saturated rings. The molecule has 41 heavy (non-hydrogen) atoms. The third kappa shape index (κ3) is 3.26. The first-order chi connectivity index (χ1) is 20.3. The standard InChI is InChI=1S/C38H23NO2/c1-2-12-27(13-3-1)39-33-18-6-4-15-31(33)38-36(39)32-17-9-16-28(37(32)41-38)26-11-8-10-24(22-26)25-20-21-30-29-14-5-7-19-34(29)40-35(30)23-25/h1-23H. The van der Waals surface area contributed by atoms with Crippen molar-refractivity contribution in [1.29, 1.82) is 0 Å². The van der Waals surface area contributed by atoms with Crippen molar-refractivity contribution in [2.75, 3.05) is 0 Å². The van der Waals surface area contributed by atoms with Crippen LogP contribution in [0.2, 0.25) is 0 Å². The molecule has 3 heteroatoms. The van der Waals surface area contributed by atoms with E-state index < -0.39 is 0 Å². The van der Waals surface area contributed by atoms with Crippen LogP contribution in [0.25, 0.3) is 82.9 Å². The molecule has 0 unspecified atom stereocenters. The second-order valence-electron chi connectivity index (χ2n) is 10.5. The van der Waals surface area contributed by atoms with Gasteiger partial charge in [-0.3, -0.25) is 0 Å². The summed E-state index contributed by atoms with van der Waals surface area (Å²) < 4.78 is 15.3. The summed E-state index contributed by atoms with van der Waals surface area (Å²) in [6, 6.07) is 48.8. The maximum absolute atomic E-state index is 6.75. The Morgan fingerprint density at radius 1 is 0.415 bits per heavy atom. The number of nitrogens with zero attached hydrogens (tertiary/aromatic N) is 1. The molecule has 9 rings (SSSR count). The van der Waals surface area contributed by atoms with Crippen LogP contribution in [0.15, 0.2) is 148 Å². The molecule has 0 aliphatic carbocycles. The highest BCUT2D eigenvalue weighted by Crippen LogP contribution is 2.42. The van der Waals surface area contributed by atoms with E-state index in [0.717, 1.165) is 82.9 Å². The van der Waals surface area contributed by atoms with Crippen LogP contribution in [-0.2, 0) is 0 Å². The third-order valence-electron chi connectivity index (χ3n) is 8.20. The molecule has 0 bridgehead atoms. The Morgan fingerprint density at radius 2 is 1.12 bits per heavy atom. The molecular formula is C38H23NO2. The molecular weight excluding hydrogens is 502 g/mol. The van der Waals surface area contributed by atoms with Crippen LogP contribution in [0.3, 0.4) is 0 Å². The van der Waals surface area contributed by atoms with Gasteiger partial charge in [-0.15, -0.1) is 0 Å². The molecule has 6 aromatic carbocycles. The molecule has 9 aromatic rings. The van der Waals surface area contributed by atoms with Gasteiger partial charge in [0.15, 0.2) is 5.58 Å². The fraction of sp³-hybridized carbons (Fsp3) is 0. The van der Waals surface area contributed by atoms with E-state index in [4.69, 9.17) is 8.83 Å². The van der Waals surface area contributed by atoms with E-state index in [1.54, 1.807) is 0 Å². The maximum Gasteiger partial charge on any atom is 0.161 e. The van der Waals surface area contributed by atoms with Gasteiger partial charge in [0.25, 0.3) is 0 Å². The predicted molar refractivity (Wildman–Crippen MR) is 169 cm³/mol. The maximum atomic E-state index is 6.75. The molecule has 0 aliphatic rings. The quantitative estimate of drug-likeness (QED) is 0.230. The molecule has 0 amide bonds. The van der Waals surface area contributed by atoms with Crippen molar-refractivity contribution in [2.45, 2.75) is 0 Å². The summed E-state index contributed by atoms with van der Waals surface area (Å²) in [7, 11) is 0. The van der Waals surface area contributed by atoms with Crippen LogP contribution in [0.1, 0.15) is 0 Å². The van der Waals surface area contributed by atoms with Gasteiger partial charge >= 0.3 is 0 Å². The highest BCUT2D eigenvalue weighted by molar-refractivity contribution is 6.18. The summed E-state index contributed by atoms with van der Waals surface area (Å²) in [6.07, 6.45) is 0. The Hall–Kier alpha value is -5.54. The Bertz CT molecular complexity index is 2420. The summed E-state index contributed by atoms with van der Waals surface area (Å²) in [6.45, 7) is 0. The molecule has 0 saturated heterocycles. The monoisotopic (exact) mass is 525 g/mol. The summed E-state index contributed by atoms with van der Waals surface area (Å²) >= 11 is 0. The minimum atomic E-state index is 0.901. The zero-order valence-electron chi connectivity index (χ0n) is 22.0. The summed E-state index contributed by atoms with van der Waals surface area (Å²) in [4.78, 5) is 0. The van der Waals surface area contributed by atoms with Gasteiger partial charge in [0.1, 0.15) is 22.3 Å². The van der Waals surface area contributed by atoms with E-state index in [-0.39, 0.29) is 0 Å². The van der Waals surface area contributed by atoms with Gasteiger partial charge in [-0.2, -0.15) is 0 Å². The van der Waals surface area contributed by atoms with Crippen molar-refractivity contribution in [3.8, 4) is 27.9 Å². The first-order valence-corrected chi connectivity index (χ1v) is 13.9. The smallest absolute Gasteiger partial charge is 0.161 e. The van der Waals surface area contributed by atoms with Crippen molar-refractivity contribution < 1.29 is 8.83 Å². The summed E-state index contributed by atoms with van der Waals surface area (Å²) in [5.41, 5.74) is 11.4. The lowest BCUT2D eigenvalue weighted by Crippen LogP contribution is -1.92. The SMILES string of the molecule is c1ccc(-n2c3ccccc3c3oc4c(-c5cccc(-c6ccc7c(c6)oc6ccccc67)c5)cccc4c32)cc1. The zero-order chi connectivity index (χ0) is 26.9. The number of aromatic nitrogens is 1. The first kappa shape index (κ1) is 22.3. The van der Waals surface area contributed by atoms with Crippen molar-refractivity contribution in [1.82, 2.24) is 4.57 Å². The lowest BCUT2D eigenvalue weighted by atomic mass is 9.97. The van der Waals surface area contributed by atoms with Crippen LogP contribution in [-0.4, -0.2) is 4.57 Å². The Balaban J connectivity index is 1.24. The fourth-order valence-electron chi connectivity index (χ4n) is 6.34. The van der Waals surface area contributed by atoms with Gasteiger partial charge < -0.3 is 13.4 Å². The lowest BCUT2D eigenvalue weighted by Gasteiger charge is -2.09. The van der Waals surface area contributed by atoms with Crippen molar-refractivity contribution in [2.24, 2.45) is 0 Å². The number of hydrogen-bond donors (Lipinski definition) is 0. The van der Waals surface area contributed by atoms with E-state index in [1.165, 1.54) is 0 Å². The lowest BCUT2D eigenvalue weighted by molar-refractivity contribution is 0.669. The van der Waals surface area contributed by atoms with Crippen molar-refractivity contribution in [3.63, 3.8) is 0 Å². The number of fused-ring (bicyclic) bond motifs is 8. The molecule has 0 N–H and O–H groups in total. The van der Waals surface area contributed by atoms with E-state index >= 15 is 0 Å². The Kier molecular flexibility index (Phi) is 4.61. The number of benzene rings is 6. The average Bonchev–Trinajstić information content (AvgIpc) is 3.70. The van der Waals surface area contributed by atoms with Crippen LogP contribution in [0.5, 0.6) is 0 Å². The second kappa shape index (κ2) is 8.48. The molecule has 0 atom stereocenters. The number of rotatable bonds is 3. The van der Waals surface area contributed by atoms with Crippen LogP contribution in [0, 0.1) is 0 Å². The van der Waals surface area contributed by atoms with E-state index in [0.29, 0.717) is 0 Å². The fourth-order valence-corrected chi connectivity index (χ4v) is 6.34. The van der Waals surface area contributed by atoms with Crippen molar-refractivity contribution >= 4 is 54.9 Å². The Labute approximate surface area is 235 Å². The predicted octanol–water partition coefficient (Wildman–Crippen LogP) is 10.8. The van der Waals surface area contributed by atoms with E-state index in [1.807, 2.05) is 12.1 Å². The average molecular weight is 526 g/mol. The number of para-hydroxylation sites is 4. The van der Waals surface area contributed by atoms with E-state index in [9.17, 15) is 0 Å². The largest absolute Gasteiger partial charge is 0.456 e. The highest BCUT2D eigenvalue weighted by atomic mass is 16.3. The topological polar surface area (TPSA) is 31.2 Å². The normalized spacial score (nSPS) is 11.9. The zero-order valence-corrected chi connectivity index (χ0v) is 22.0. The third-order valence-corrected chi connectivity index (χ3v) is 8.20. The first-order valence-electron chi connectivity index (χ1n) is 13.9. The molecule has 0 aliphatic heterocycles. The van der Waals surface area contributed by atoms with Gasteiger partial charge in [-0.05, 0) is 71.3 Å². The molecule has 0 saturated carbocycles. The molecule has 192 valence electrons. The molecule has 3 heterocycles. The van der Waals surface area contributed by atoms with Gasteiger partial charge in [0, 0.05) is 32.8 Å². The van der Waals surface area contributed by atoms with Gasteiger partial charge in [0.2, 0.25) is 0 Å². The van der Waals surface area contributed by atoms with E-state index in [2.05, 4.69) is 132 Å². The minimum absolute atomic E-state index is 0.901. The second-order valence-corrected chi connectivity index (χ2v) is 10.5.